The fourth-order valence-corrected chi connectivity index (χ4v) is 1.75. The summed E-state index contributed by atoms with van der Waals surface area (Å²) in [6.45, 7) is -0.297. The molecule has 1 saturated heterocycles. The fourth-order valence-electron chi connectivity index (χ4n) is 1.75. The highest BCUT2D eigenvalue weighted by Gasteiger charge is 2.83. The Kier molecular flexibility index (Phi) is 4.28. The molecule has 0 bridgehead atoms. The molecule has 0 aromatic heterocycles. The van der Waals surface area contributed by atoms with Gasteiger partial charge in [0, 0.05) is 6.61 Å². The molecule has 1 N–H and O–H groups in total. The lowest BCUT2D eigenvalue weighted by molar-refractivity contribution is -0.412. The van der Waals surface area contributed by atoms with Crippen LogP contribution in [0.5, 0.6) is 0 Å². The molecule has 0 saturated carbocycles. The number of aliphatic hydroxyl groups is 1. The summed E-state index contributed by atoms with van der Waals surface area (Å²) in [6, 6.07) is 0. The molecule has 1 heterocycles. The maximum Gasteiger partial charge on any atom is 0.460 e. The molecule has 2 nitrogen and oxygen atoms in total. The monoisotopic (exact) mass is 320 g/mol. The van der Waals surface area contributed by atoms with Gasteiger partial charge >= 0.3 is 23.9 Å². The van der Waals surface area contributed by atoms with Gasteiger partial charge in [0.1, 0.15) is 0 Å². The van der Waals surface area contributed by atoms with Gasteiger partial charge in [0.05, 0.1) is 5.92 Å². The predicted octanol–water partition coefficient (Wildman–Crippen LogP) is 3.20. The van der Waals surface area contributed by atoms with Gasteiger partial charge in [-0.1, -0.05) is 0 Å². The lowest BCUT2D eigenvalue weighted by Gasteiger charge is -2.40. The predicted molar refractivity (Wildman–Crippen MR) is 45.6 cm³/mol. The number of rotatable bonds is 3. The van der Waals surface area contributed by atoms with Crippen molar-refractivity contribution >= 4 is 0 Å². The Labute approximate surface area is 106 Å². The molecule has 2 unspecified atom stereocenters. The lowest BCUT2D eigenvalue weighted by Crippen LogP contribution is -2.64. The van der Waals surface area contributed by atoms with Crippen molar-refractivity contribution in [2.45, 2.75) is 43.1 Å². The van der Waals surface area contributed by atoms with Gasteiger partial charge in [-0.25, -0.2) is 0 Å². The summed E-state index contributed by atoms with van der Waals surface area (Å²) in [5.74, 6) is -22.3. The third-order valence-corrected chi connectivity index (χ3v) is 2.93. The van der Waals surface area contributed by atoms with E-state index in [1.807, 2.05) is 0 Å². The van der Waals surface area contributed by atoms with Gasteiger partial charge in [0.2, 0.25) is 0 Å². The Bertz CT molecular complexity index is 352. The van der Waals surface area contributed by atoms with E-state index in [9.17, 15) is 39.5 Å². The van der Waals surface area contributed by atoms with E-state index in [1.165, 1.54) is 0 Å². The molecule has 1 aliphatic rings. The Morgan fingerprint density at radius 2 is 1.35 bits per heavy atom. The summed E-state index contributed by atoms with van der Waals surface area (Å²) in [6.07, 6.45) is -10.6. The van der Waals surface area contributed by atoms with Gasteiger partial charge in [-0.15, -0.1) is 0 Å². The highest BCUT2D eigenvalue weighted by molar-refractivity contribution is 5.03. The molecule has 1 aliphatic heterocycles. The molecular formula is C9H9F9O2. The van der Waals surface area contributed by atoms with Crippen molar-refractivity contribution in [1.82, 2.24) is 0 Å². The van der Waals surface area contributed by atoms with E-state index < -0.39 is 42.6 Å². The van der Waals surface area contributed by atoms with Crippen LogP contribution in [-0.2, 0) is 4.74 Å². The maximum atomic E-state index is 13.4. The van der Waals surface area contributed by atoms with E-state index in [4.69, 9.17) is 5.11 Å². The number of ether oxygens (including phenoxy) is 1. The summed E-state index contributed by atoms with van der Waals surface area (Å²) in [7, 11) is 0. The first kappa shape index (κ1) is 17.3. The minimum Gasteiger partial charge on any atom is -0.367 e. The summed E-state index contributed by atoms with van der Waals surface area (Å²) < 4.78 is 118. The molecule has 0 radical (unpaired) electrons. The number of alkyl halides is 9. The van der Waals surface area contributed by atoms with Crippen molar-refractivity contribution in [2.24, 2.45) is 5.92 Å². The third kappa shape index (κ3) is 2.45. The third-order valence-electron chi connectivity index (χ3n) is 2.93. The van der Waals surface area contributed by atoms with Crippen molar-refractivity contribution in [3.05, 3.63) is 0 Å². The van der Waals surface area contributed by atoms with Crippen LogP contribution in [0.3, 0.4) is 0 Å². The normalized spacial score (nSPS) is 26.7. The SMILES string of the molecule is OC1OCCCC1C(F)(F)C(F)(F)C(F)(F)C(F)(F)F. The van der Waals surface area contributed by atoms with Crippen LogP contribution in [0.15, 0.2) is 0 Å². The van der Waals surface area contributed by atoms with Gasteiger partial charge in [-0.05, 0) is 12.8 Å². The van der Waals surface area contributed by atoms with E-state index >= 15 is 0 Å². The molecule has 0 aromatic carbocycles. The Hall–Kier alpha value is -0.710. The quantitative estimate of drug-likeness (QED) is 0.809. The zero-order valence-electron chi connectivity index (χ0n) is 9.53. The van der Waals surface area contributed by atoms with Crippen molar-refractivity contribution < 1.29 is 49.4 Å². The average molecular weight is 320 g/mol. The second-order valence-corrected chi connectivity index (χ2v) is 4.28. The second-order valence-electron chi connectivity index (χ2n) is 4.28. The highest BCUT2D eigenvalue weighted by atomic mass is 19.4. The second kappa shape index (κ2) is 4.93. The van der Waals surface area contributed by atoms with Gasteiger partial charge in [-0.2, -0.15) is 39.5 Å². The number of hydrogen-bond acceptors (Lipinski definition) is 2. The zero-order chi connectivity index (χ0) is 16.0. The zero-order valence-corrected chi connectivity index (χ0v) is 9.53. The Balaban J connectivity index is 3.17. The van der Waals surface area contributed by atoms with E-state index in [0.29, 0.717) is 0 Å². The standard InChI is InChI=1S/C9H9F9O2/c10-6(11,4-2-1-3-20-5(4)19)7(12,13)8(14,15)9(16,17)18/h4-5,19H,1-3H2. The molecule has 2 atom stereocenters. The summed E-state index contributed by atoms with van der Waals surface area (Å²) in [5, 5.41) is 8.97. The minimum absolute atomic E-state index is 0.287. The van der Waals surface area contributed by atoms with Crippen molar-refractivity contribution in [3.63, 3.8) is 0 Å². The molecule has 0 aliphatic carbocycles. The summed E-state index contributed by atoms with van der Waals surface area (Å²) in [4.78, 5) is 0. The molecule has 120 valence electrons. The first-order valence-corrected chi connectivity index (χ1v) is 5.26. The molecule has 0 spiro atoms. The van der Waals surface area contributed by atoms with Crippen LogP contribution in [0.1, 0.15) is 12.8 Å². The van der Waals surface area contributed by atoms with Crippen LogP contribution in [0.2, 0.25) is 0 Å². The van der Waals surface area contributed by atoms with Gasteiger partial charge in [0.25, 0.3) is 0 Å². The van der Waals surface area contributed by atoms with Gasteiger partial charge < -0.3 is 9.84 Å². The van der Waals surface area contributed by atoms with E-state index in [0.717, 1.165) is 0 Å². The molecule has 0 aromatic rings. The van der Waals surface area contributed by atoms with Crippen molar-refractivity contribution in [2.75, 3.05) is 6.61 Å². The Morgan fingerprint density at radius 1 is 0.850 bits per heavy atom. The molecule has 1 fully saturated rings. The van der Waals surface area contributed by atoms with Crippen LogP contribution in [-0.4, -0.2) is 41.9 Å². The van der Waals surface area contributed by atoms with Crippen LogP contribution in [0, 0.1) is 5.92 Å². The van der Waals surface area contributed by atoms with Crippen molar-refractivity contribution in [1.29, 1.82) is 0 Å². The summed E-state index contributed by atoms with van der Waals surface area (Å²) >= 11 is 0. The van der Waals surface area contributed by atoms with E-state index in [-0.39, 0.29) is 13.0 Å². The van der Waals surface area contributed by atoms with Crippen LogP contribution in [0.4, 0.5) is 39.5 Å². The number of aliphatic hydroxyl groups excluding tert-OH is 1. The van der Waals surface area contributed by atoms with Gasteiger partial charge in [-0.3, -0.25) is 0 Å². The molecule has 20 heavy (non-hydrogen) atoms. The highest BCUT2D eigenvalue weighted by Crippen LogP contribution is 2.56. The Morgan fingerprint density at radius 3 is 1.75 bits per heavy atom. The van der Waals surface area contributed by atoms with Crippen molar-refractivity contribution in [3.8, 4) is 0 Å². The molecule has 11 heteroatoms. The van der Waals surface area contributed by atoms with Crippen LogP contribution < -0.4 is 0 Å². The fraction of sp³-hybridized carbons (Fsp3) is 1.00. The van der Waals surface area contributed by atoms with Crippen LogP contribution in [0.25, 0.3) is 0 Å². The van der Waals surface area contributed by atoms with E-state index in [2.05, 4.69) is 4.74 Å². The average Bonchev–Trinajstić information content (AvgIpc) is 2.27. The largest absolute Gasteiger partial charge is 0.460 e. The molecule has 0 amide bonds. The summed E-state index contributed by atoms with van der Waals surface area (Å²) in [5.41, 5.74) is 0. The minimum atomic E-state index is -6.94. The molecule has 1 rings (SSSR count). The number of halogens is 9. The number of hydrogen-bond donors (Lipinski definition) is 1. The smallest absolute Gasteiger partial charge is 0.367 e. The van der Waals surface area contributed by atoms with Gasteiger partial charge in [0.15, 0.2) is 6.29 Å². The first-order valence-electron chi connectivity index (χ1n) is 5.26. The maximum absolute atomic E-state index is 13.4. The lowest BCUT2D eigenvalue weighted by atomic mass is 9.86. The van der Waals surface area contributed by atoms with Crippen LogP contribution >= 0.6 is 0 Å². The van der Waals surface area contributed by atoms with E-state index in [1.54, 1.807) is 0 Å². The molecular weight excluding hydrogens is 311 g/mol. The topological polar surface area (TPSA) is 29.5 Å². The first-order chi connectivity index (χ1) is 8.77.